The Labute approximate surface area is 214 Å². The van der Waals surface area contributed by atoms with Crippen LogP contribution < -0.4 is 29.9 Å². The molecule has 9 heteroatoms. The maximum absolute atomic E-state index is 13.6. The number of ether oxygens (including phenoxy) is 3. The summed E-state index contributed by atoms with van der Waals surface area (Å²) in [5.74, 6) is 1.17. The Morgan fingerprint density at radius 1 is 0.973 bits per heavy atom. The van der Waals surface area contributed by atoms with E-state index in [0.29, 0.717) is 36.0 Å². The van der Waals surface area contributed by atoms with E-state index < -0.39 is 0 Å². The maximum Gasteiger partial charge on any atom is 0.258 e. The van der Waals surface area contributed by atoms with Crippen molar-refractivity contribution >= 4 is 28.5 Å². The number of hydrogen-bond acceptors (Lipinski definition) is 8. The fraction of sp³-hybridized carbons (Fsp3) is 0.286. The number of nitrogens with one attached hydrogen (secondary N) is 2. The van der Waals surface area contributed by atoms with Crippen LogP contribution in [0.2, 0.25) is 0 Å². The van der Waals surface area contributed by atoms with Crippen molar-refractivity contribution in [2.75, 3.05) is 61.7 Å². The monoisotopic (exact) mass is 497 g/mol. The number of anilines is 3. The van der Waals surface area contributed by atoms with Crippen LogP contribution >= 0.6 is 0 Å². The van der Waals surface area contributed by atoms with Crippen LogP contribution in [0.3, 0.4) is 0 Å². The predicted molar refractivity (Wildman–Crippen MR) is 141 cm³/mol. The first-order chi connectivity index (χ1) is 18.2. The van der Waals surface area contributed by atoms with Crippen molar-refractivity contribution in [3.8, 4) is 22.6 Å². The fourth-order valence-electron chi connectivity index (χ4n) is 5.25. The number of hydrogen-bond donors (Lipinski definition) is 2. The van der Waals surface area contributed by atoms with Crippen molar-refractivity contribution < 1.29 is 19.0 Å². The molecule has 9 nitrogen and oxygen atoms in total. The van der Waals surface area contributed by atoms with Gasteiger partial charge in [0, 0.05) is 54.9 Å². The van der Waals surface area contributed by atoms with Crippen molar-refractivity contribution in [3.63, 3.8) is 0 Å². The molecule has 3 aromatic rings. The van der Waals surface area contributed by atoms with Crippen LogP contribution in [0.1, 0.15) is 5.56 Å². The summed E-state index contributed by atoms with van der Waals surface area (Å²) < 4.78 is 16.8. The second-order valence-corrected chi connectivity index (χ2v) is 9.52. The van der Waals surface area contributed by atoms with Gasteiger partial charge in [-0.25, -0.2) is 0 Å². The Morgan fingerprint density at radius 3 is 2.68 bits per heavy atom. The van der Waals surface area contributed by atoms with Gasteiger partial charge in [0.05, 0.1) is 36.4 Å². The molecule has 5 heterocycles. The summed E-state index contributed by atoms with van der Waals surface area (Å²) in [5.41, 5.74) is 7.26. The molecule has 0 bridgehead atoms. The third-order valence-electron chi connectivity index (χ3n) is 7.25. The normalized spacial score (nSPS) is 19.5. The molecule has 7 rings (SSSR count). The molecule has 1 atom stereocenters. The average Bonchev–Trinajstić information content (AvgIpc) is 3.74. The third kappa shape index (κ3) is 3.92. The summed E-state index contributed by atoms with van der Waals surface area (Å²) in [6.45, 7) is 4.17. The van der Waals surface area contributed by atoms with Crippen LogP contribution in [-0.2, 0) is 9.53 Å². The first kappa shape index (κ1) is 22.0. The molecule has 1 unspecified atom stereocenters. The number of carbonyl (C=O) groups is 1. The molecular weight excluding hydrogens is 470 g/mol. The van der Waals surface area contributed by atoms with Crippen LogP contribution in [0, 0.1) is 0 Å². The Hall–Kier alpha value is -4.24. The molecule has 0 spiro atoms. The van der Waals surface area contributed by atoms with Gasteiger partial charge in [0.15, 0.2) is 11.5 Å². The van der Waals surface area contributed by atoms with Crippen molar-refractivity contribution in [1.82, 2.24) is 10.3 Å². The highest BCUT2D eigenvalue weighted by atomic mass is 16.6. The smallest absolute Gasteiger partial charge is 0.258 e. The van der Waals surface area contributed by atoms with E-state index in [4.69, 9.17) is 14.2 Å². The van der Waals surface area contributed by atoms with Crippen LogP contribution in [0.5, 0.6) is 11.5 Å². The molecule has 1 amide bonds. The number of aromatic nitrogens is 1. The maximum atomic E-state index is 13.6. The predicted octanol–water partition coefficient (Wildman–Crippen LogP) is 3.09. The molecule has 2 N–H and O–H groups in total. The lowest BCUT2D eigenvalue weighted by molar-refractivity contribution is -0.111. The molecule has 4 aliphatic rings. The highest BCUT2D eigenvalue weighted by Gasteiger charge is 2.44. The lowest BCUT2D eigenvalue weighted by Gasteiger charge is -2.29. The van der Waals surface area contributed by atoms with Crippen molar-refractivity contribution in [1.29, 1.82) is 0 Å². The molecular formula is C28H27N5O4. The van der Waals surface area contributed by atoms with E-state index in [1.807, 2.05) is 37.6 Å². The van der Waals surface area contributed by atoms with Gasteiger partial charge in [-0.05, 0) is 35.9 Å². The van der Waals surface area contributed by atoms with E-state index in [1.165, 1.54) is 0 Å². The molecule has 37 heavy (non-hydrogen) atoms. The van der Waals surface area contributed by atoms with E-state index in [1.54, 1.807) is 0 Å². The van der Waals surface area contributed by atoms with E-state index in [-0.39, 0.29) is 12.1 Å². The average molecular weight is 498 g/mol. The highest BCUT2D eigenvalue weighted by molar-refractivity contribution is 6.29. The molecule has 2 saturated heterocycles. The van der Waals surface area contributed by atoms with Gasteiger partial charge in [-0.15, -0.1) is 0 Å². The van der Waals surface area contributed by atoms with Gasteiger partial charge in [0.2, 0.25) is 0 Å². The van der Waals surface area contributed by atoms with Crippen molar-refractivity contribution in [2.24, 2.45) is 0 Å². The number of rotatable bonds is 4. The molecule has 2 aromatic carbocycles. The van der Waals surface area contributed by atoms with Gasteiger partial charge in [0.1, 0.15) is 19.4 Å². The number of nitrogens with zero attached hydrogens (tertiary/aromatic N) is 3. The molecule has 188 valence electrons. The van der Waals surface area contributed by atoms with E-state index in [9.17, 15) is 4.79 Å². The topological polar surface area (TPSA) is 98.1 Å². The molecule has 0 saturated carbocycles. The Morgan fingerprint density at radius 2 is 1.81 bits per heavy atom. The van der Waals surface area contributed by atoms with Crippen LogP contribution in [0.15, 0.2) is 60.6 Å². The van der Waals surface area contributed by atoms with Crippen LogP contribution in [-0.4, -0.2) is 63.6 Å². The zero-order chi connectivity index (χ0) is 24.9. The van der Waals surface area contributed by atoms with Crippen LogP contribution in [0.4, 0.5) is 17.1 Å². The highest BCUT2D eigenvalue weighted by Crippen LogP contribution is 2.44. The third-order valence-corrected chi connectivity index (χ3v) is 7.25. The molecule has 0 radical (unpaired) electrons. The van der Waals surface area contributed by atoms with Gasteiger partial charge in [0.25, 0.3) is 5.91 Å². The molecule has 2 fully saturated rings. The first-order valence-corrected chi connectivity index (χ1v) is 12.5. The summed E-state index contributed by atoms with van der Waals surface area (Å²) in [4.78, 5) is 22.6. The molecule has 1 aromatic heterocycles. The summed E-state index contributed by atoms with van der Waals surface area (Å²) in [6.07, 6.45) is 3.80. The Bertz CT molecular complexity index is 1430. The number of amides is 1. The number of morpholine rings is 1. The minimum absolute atomic E-state index is 0.0330. The summed E-state index contributed by atoms with van der Waals surface area (Å²) in [5, 5.41) is 6.44. The zero-order valence-corrected chi connectivity index (χ0v) is 20.5. The lowest BCUT2D eigenvalue weighted by Crippen LogP contribution is -2.36. The number of benzene rings is 2. The second-order valence-electron chi connectivity index (χ2n) is 9.52. The van der Waals surface area contributed by atoms with Crippen LogP contribution in [0.25, 0.3) is 16.7 Å². The van der Waals surface area contributed by atoms with Gasteiger partial charge >= 0.3 is 0 Å². The molecule has 4 aliphatic heterocycles. The Kier molecular flexibility index (Phi) is 5.17. The SMILES string of the molecule is CN1c2ccc(-c3cncc(N4CCOCC4)c3)cc2C(C(=O)Nc2ccc3c(c2)OCCO3)=C2NC21. The number of carbonyl (C=O) groups excluding carboxylic acids is 1. The van der Waals surface area contributed by atoms with Gasteiger partial charge in [-0.1, -0.05) is 6.07 Å². The summed E-state index contributed by atoms with van der Waals surface area (Å²) in [7, 11) is 2.04. The van der Waals surface area contributed by atoms with E-state index in [2.05, 4.69) is 49.7 Å². The minimum Gasteiger partial charge on any atom is -0.486 e. The lowest BCUT2D eigenvalue weighted by atomic mass is 9.94. The first-order valence-electron chi connectivity index (χ1n) is 12.5. The van der Waals surface area contributed by atoms with Gasteiger partial charge in [-0.3, -0.25) is 9.78 Å². The Balaban J connectivity index is 1.21. The van der Waals surface area contributed by atoms with E-state index in [0.717, 1.165) is 60.1 Å². The fourth-order valence-corrected chi connectivity index (χ4v) is 5.25. The van der Waals surface area contributed by atoms with Crippen molar-refractivity contribution in [2.45, 2.75) is 6.17 Å². The largest absolute Gasteiger partial charge is 0.486 e. The second kappa shape index (κ2) is 8.70. The zero-order valence-electron chi connectivity index (χ0n) is 20.5. The van der Waals surface area contributed by atoms with Crippen molar-refractivity contribution in [3.05, 3.63) is 66.1 Å². The molecule has 0 aliphatic carbocycles. The van der Waals surface area contributed by atoms with E-state index >= 15 is 0 Å². The number of pyridine rings is 1. The van der Waals surface area contributed by atoms with Gasteiger partial charge < -0.3 is 34.6 Å². The minimum atomic E-state index is -0.159. The standard InChI is InChI=1S/C28H27N5O4/c1-32-22-4-2-17(18-12-20(16-29-15-18)33-6-8-35-9-7-33)13-21(22)25(26-27(32)31-26)28(34)30-19-3-5-23-24(14-19)37-11-10-36-23/h2-5,12-16,27,31H,6-11H2,1H3,(H,30,34). The summed E-state index contributed by atoms with van der Waals surface area (Å²) in [6, 6.07) is 13.9. The number of fused-ring (bicyclic) bond motifs is 3. The quantitative estimate of drug-likeness (QED) is 0.531. The number of likely N-dealkylation sites (N-methyl/N-ethyl adjacent to an activating group) is 1. The summed E-state index contributed by atoms with van der Waals surface area (Å²) >= 11 is 0. The van der Waals surface area contributed by atoms with Gasteiger partial charge in [-0.2, -0.15) is 0 Å².